The van der Waals surface area contributed by atoms with E-state index in [0.717, 1.165) is 68.7 Å². The van der Waals surface area contributed by atoms with Gasteiger partial charge in [0.2, 0.25) is 0 Å². The molecule has 0 aliphatic carbocycles. The zero-order valence-corrected chi connectivity index (χ0v) is 38.9. The first-order valence-corrected chi connectivity index (χ1v) is 21.5. The number of hydrogen-bond acceptors (Lipinski definition) is 25. The maximum absolute atomic E-state index is 13.0. The van der Waals surface area contributed by atoms with E-state index in [4.69, 9.17) is 75.8 Å². The highest BCUT2D eigenvalue weighted by Gasteiger charge is 2.59. The summed E-state index contributed by atoms with van der Waals surface area (Å²) in [4.78, 5) is 113. The Morgan fingerprint density at radius 1 is 0.388 bits per heavy atom. The van der Waals surface area contributed by atoms with Crippen LogP contribution in [-0.2, 0) is 119 Å². The number of rotatable bonds is 18. The standard InChI is InChI=1S/C42H60O25/c1-18-32(57-22(5)46)36(58-23(6)47)34(28(56-18)15-53-19(2)43)66-42-40(62-27(10)51)38(60-25(8)49)35(30(64-42)17-55-21(4)45)67-41-39(61-26(9)50)37(59-24(7)48)33(29(63-41)16-54-20(3)44)65-31-13-11-12-14-52-31/h18,28-42H,11-17H2,1-10H3/t18-,28?,29?,30?,31?,32?,33-,34-,35-,36+,37-,38-,39?,40?,41-,42-/m0/s1. The van der Waals surface area contributed by atoms with Gasteiger partial charge in [0.1, 0.15) is 56.4 Å². The fraction of sp³-hybridized carbons (Fsp3) is 0.786. The van der Waals surface area contributed by atoms with Crippen LogP contribution in [0.25, 0.3) is 0 Å². The average molecular weight is 965 g/mol. The van der Waals surface area contributed by atoms with Crippen molar-refractivity contribution in [1.29, 1.82) is 0 Å². The van der Waals surface area contributed by atoms with Crippen LogP contribution >= 0.6 is 0 Å². The average Bonchev–Trinajstić information content (AvgIpc) is 3.21. The Morgan fingerprint density at radius 2 is 0.716 bits per heavy atom. The summed E-state index contributed by atoms with van der Waals surface area (Å²) in [6.07, 6.45) is -22.7. The van der Waals surface area contributed by atoms with Gasteiger partial charge in [0, 0.05) is 68.9 Å². The summed E-state index contributed by atoms with van der Waals surface area (Å²) in [5, 5.41) is 0. The second-order valence-corrected chi connectivity index (χ2v) is 15.9. The Balaban J connectivity index is 1.88. The Morgan fingerprint density at radius 3 is 1.06 bits per heavy atom. The van der Waals surface area contributed by atoms with Gasteiger partial charge in [-0.1, -0.05) is 0 Å². The van der Waals surface area contributed by atoms with Gasteiger partial charge in [-0.2, -0.15) is 0 Å². The van der Waals surface area contributed by atoms with Crippen LogP contribution in [0.1, 0.15) is 88.5 Å². The lowest BCUT2D eigenvalue weighted by molar-refractivity contribution is -0.378. The summed E-state index contributed by atoms with van der Waals surface area (Å²) < 4.78 is 93.7. The van der Waals surface area contributed by atoms with E-state index in [9.17, 15) is 43.2 Å². The Kier molecular flexibility index (Phi) is 20.6. The molecule has 0 spiro atoms. The third-order valence-electron chi connectivity index (χ3n) is 10.2. The van der Waals surface area contributed by atoms with Gasteiger partial charge in [-0.3, -0.25) is 43.2 Å². The number of hydrogen-bond donors (Lipinski definition) is 0. The normalized spacial score (nSPS) is 33.9. The van der Waals surface area contributed by atoms with Gasteiger partial charge in [0.15, 0.2) is 55.5 Å². The van der Waals surface area contributed by atoms with E-state index >= 15 is 0 Å². The SMILES string of the molecule is CC(=O)OCC1O[C@@H](O[C@H]2C(COC(C)=O)O[C@@H](O[C@H]3C(COC(C)=O)O[C@@H](C)C(OC(C)=O)[C@H]3OC(C)=O)C(OC(C)=O)[C@H]2OC(C)=O)C(OC(C)=O)[C@@H](OC(C)=O)[C@H]1OC1CCCCO1. The molecule has 7 unspecified atom stereocenters. The minimum absolute atomic E-state index is 0.332. The lowest BCUT2D eigenvalue weighted by Crippen LogP contribution is -2.68. The molecule has 4 rings (SSSR count). The third kappa shape index (κ3) is 16.3. The van der Waals surface area contributed by atoms with Crippen molar-refractivity contribution in [3.63, 3.8) is 0 Å². The van der Waals surface area contributed by atoms with Crippen LogP contribution in [0.5, 0.6) is 0 Å². The second-order valence-electron chi connectivity index (χ2n) is 15.9. The molecule has 67 heavy (non-hydrogen) atoms. The first-order chi connectivity index (χ1) is 31.5. The van der Waals surface area contributed by atoms with Gasteiger partial charge in [-0.15, -0.1) is 0 Å². The van der Waals surface area contributed by atoms with Gasteiger partial charge in [0.05, 0.1) is 6.10 Å². The predicted octanol–water partition coefficient (Wildman–Crippen LogP) is 0.185. The second kappa shape index (κ2) is 25.4. The fourth-order valence-corrected chi connectivity index (χ4v) is 7.84. The van der Waals surface area contributed by atoms with E-state index in [-0.39, 0.29) is 0 Å². The third-order valence-corrected chi connectivity index (χ3v) is 10.2. The number of carbonyl (C=O) groups excluding carboxylic acids is 9. The zero-order chi connectivity index (χ0) is 49.7. The zero-order valence-electron chi connectivity index (χ0n) is 38.9. The van der Waals surface area contributed by atoms with Gasteiger partial charge < -0.3 is 75.8 Å². The van der Waals surface area contributed by atoms with Crippen molar-refractivity contribution in [2.45, 2.75) is 187 Å². The molecule has 0 saturated carbocycles. The lowest BCUT2D eigenvalue weighted by Gasteiger charge is -2.50. The molecule has 0 bridgehead atoms. The van der Waals surface area contributed by atoms with Crippen LogP contribution in [0.3, 0.4) is 0 Å². The first kappa shape index (κ1) is 54.6. The topological polar surface area (TPSA) is 301 Å². The van der Waals surface area contributed by atoms with Crippen LogP contribution < -0.4 is 0 Å². The molecule has 0 aromatic heterocycles. The summed E-state index contributed by atoms with van der Waals surface area (Å²) in [5.41, 5.74) is 0. The van der Waals surface area contributed by atoms with E-state index in [1.165, 1.54) is 6.92 Å². The summed E-state index contributed by atoms with van der Waals surface area (Å²) in [7, 11) is 0. The quantitative estimate of drug-likeness (QED) is 0.131. The molecule has 0 aromatic rings. The minimum atomic E-state index is -1.91. The number of esters is 9. The van der Waals surface area contributed by atoms with Crippen molar-refractivity contribution in [1.82, 2.24) is 0 Å². The van der Waals surface area contributed by atoms with Gasteiger partial charge in [0.25, 0.3) is 0 Å². The smallest absolute Gasteiger partial charge is 0.303 e. The van der Waals surface area contributed by atoms with Crippen LogP contribution in [-0.4, -0.2) is 178 Å². The molecule has 16 atom stereocenters. The number of carbonyl (C=O) groups is 9. The Labute approximate surface area is 385 Å². The molecule has 25 heteroatoms. The van der Waals surface area contributed by atoms with E-state index in [1.54, 1.807) is 0 Å². The molecule has 4 aliphatic heterocycles. The minimum Gasteiger partial charge on any atom is -0.463 e. The summed E-state index contributed by atoms with van der Waals surface area (Å²) in [6, 6.07) is 0. The van der Waals surface area contributed by atoms with Crippen LogP contribution in [0.2, 0.25) is 0 Å². The molecule has 0 amide bonds. The Bertz CT molecular complexity index is 1760. The maximum atomic E-state index is 13.0. The molecule has 4 aliphatic rings. The predicted molar refractivity (Wildman–Crippen MR) is 213 cm³/mol. The van der Waals surface area contributed by atoms with Gasteiger partial charge in [-0.05, 0) is 26.2 Å². The molecule has 0 aromatic carbocycles. The van der Waals surface area contributed by atoms with E-state index < -0.39 is 172 Å². The molecule has 0 N–H and O–H groups in total. The highest BCUT2D eigenvalue weighted by Crippen LogP contribution is 2.38. The maximum Gasteiger partial charge on any atom is 0.303 e. The largest absolute Gasteiger partial charge is 0.463 e. The lowest BCUT2D eigenvalue weighted by atomic mass is 9.93. The molecule has 4 saturated heterocycles. The Hall–Kier alpha value is -5.05. The van der Waals surface area contributed by atoms with Gasteiger partial charge in [-0.25, -0.2) is 0 Å². The monoisotopic (exact) mass is 964 g/mol. The summed E-state index contributed by atoms with van der Waals surface area (Å²) >= 11 is 0. The van der Waals surface area contributed by atoms with Crippen LogP contribution in [0.4, 0.5) is 0 Å². The highest BCUT2D eigenvalue weighted by molar-refractivity contribution is 5.69. The van der Waals surface area contributed by atoms with E-state index in [0.29, 0.717) is 19.4 Å². The molecule has 0 radical (unpaired) electrons. The summed E-state index contributed by atoms with van der Waals surface area (Å²) in [6.45, 7) is 9.62. The van der Waals surface area contributed by atoms with Crippen LogP contribution in [0.15, 0.2) is 0 Å². The fourth-order valence-electron chi connectivity index (χ4n) is 7.84. The van der Waals surface area contributed by atoms with Crippen molar-refractivity contribution >= 4 is 53.7 Å². The first-order valence-electron chi connectivity index (χ1n) is 21.5. The van der Waals surface area contributed by atoms with Gasteiger partial charge >= 0.3 is 53.7 Å². The summed E-state index contributed by atoms with van der Waals surface area (Å²) in [5.74, 6) is -7.78. The van der Waals surface area contributed by atoms with Crippen LogP contribution in [0, 0.1) is 0 Å². The molecular formula is C42H60O25. The van der Waals surface area contributed by atoms with Crippen molar-refractivity contribution in [3.05, 3.63) is 0 Å². The molecule has 4 heterocycles. The highest BCUT2D eigenvalue weighted by atomic mass is 16.8. The molecule has 4 fully saturated rings. The van der Waals surface area contributed by atoms with Crippen molar-refractivity contribution < 1.29 is 119 Å². The molecule has 25 nitrogen and oxygen atoms in total. The van der Waals surface area contributed by atoms with Crippen molar-refractivity contribution in [2.24, 2.45) is 0 Å². The van der Waals surface area contributed by atoms with Crippen molar-refractivity contribution in [2.75, 3.05) is 26.4 Å². The van der Waals surface area contributed by atoms with E-state index in [2.05, 4.69) is 0 Å². The van der Waals surface area contributed by atoms with E-state index in [1.807, 2.05) is 0 Å². The number of ether oxygens (including phenoxy) is 16. The molecular weight excluding hydrogens is 904 g/mol. The van der Waals surface area contributed by atoms with Crippen molar-refractivity contribution in [3.8, 4) is 0 Å². The molecule has 378 valence electrons.